The van der Waals surface area contributed by atoms with Gasteiger partial charge < -0.3 is 15.5 Å². The molecular weight excluding hydrogens is 258 g/mol. The molecule has 1 aliphatic rings. The van der Waals surface area contributed by atoms with E-state index in [0.717, 1.165) is 6.54 Å². The number of hydrogen-bond acceptors (Lipinski definition) is 3. The second-order valence-corrected chi connectivity index (χ2v) is 7.35. The maximum absolute atomic E-state index is 6.54. The van der Waals surface area contributed by atoms with Gasteiger partial charge in [0.15, 0.2) is 0 Å². The molecule has 0 aromatic heterocycles. The number of benzene rings is 1. The van der Waals surface area contributed by atoms with Crippen LogP contribution in [0.1, 0.15) is 38.3 Å². The summed E-state index contributed by atoms with van der Waals surface area (Å²) in [7, 11) is 4.48. The van der Waals surface area contributed by atoms with Gasteiger partial charge in [0.1, 0.15) is 0 Å². The Kier molecular flexibility index (Phi) is 5.42. The van der Waals surface area contributed by atoms with Crippen molar-refractivity contribution in [2.75, 3.05) is 33.7 Å². The molecule has 2 atom stereocenters. The van der Waals surface area contributed by atoms with Gasteiger partial charge in [0, 0.05) is 25.2 Å². The lowest BCUT2D eigenvalue weighted by Gasteiger charge is -2.41. The molecule has 3 heteroatoms. The highest BCUT2D eigenvalue weighted by atomic mass is 15.2. The minimum absolute atomic E-state index is 0.0616. The van der Waals surface area contributed by atoms with Crippen molar-refractivity contribution in [3.63, 3.8) is 0 Å². The first kappa shape index (κ1) is 16.5. The smallest absolute Gasteiger partial charge is 0.0359 e. The second-order valence-electron chi connectivity index (χ2n) is 7.35. The quantitative estimate of drug-likeness (QED) is 0.904. The van der Waals surface area contributed by atoms with E-state index in [4.69, 9.17) is 5.73 Å². The van der Waals surface area contributed by atoms with E-state index in [-0.39, 0.29) is 11.5 Å². The molecule has 1 saturated heterocycles. The van der Waals surface area contributed by atoms with E-state index in [1.165, 1.54) is 31.5 Å². The fourth-order valence-electron chi connectivity index (χ4n) is 3.48. The van der Waals surface area contributed by atoms with Gasteiger partial charge in [-0.1, -0.05) is 44.2 Å². The zero-order valence-electron chi connectivity index (χ0n) is 14.0. The molecule has 0 amide bonds. The summed E-state index contributed by atoms with van der Waals surface area (Å²) in [5, 5.41) is 0. The molecule has 2 unspecified atom stereocenters. The predicted molar refractivity (Wildman–Crippen MR) is 90.3 cm³/mol. The van der Waals surface area contributed by atoms with Crippen molar-refractivity contribution in [1.82, 2.24) is 9.80 Å². The van der Waals surface area contributed by atoms with Crippen molar-refractivity contribution in [1.29, 1.82) is 0 Å². The Morgan fingerprint density at radius 2 is 2.00 bits per heavy atom. The van der Waals surface area contributed by atoms with Crippen molar-refractivity contribution in [2.45, 2.75) is 38.8 Å². The highest BCUT2D eigenvalue weighted by molar-refractivity contribution is 5.20. The minimum atomic E-state index is 0.0616. The summed E-state index contributed by atoms with van der Waals surface area (Å²) in [4.78, 5) is 4.95. The maximum atomic E-state index is 6.54. The molecule has 3 nitrogen and oxygen atoms in total. The summed E-state index contributed by atoms with van der Waals surface area (Å²) in [5.41, 5.74) is 7.84. The highest BCUT2D eigenvalue weighted by Gasteiger charge is 2.32. The average Bonchev–Trinajstić information content (AvgIpc) is 2.47. The normalized spacial score (nSPS) is 22.5. The average molecular weight is 289 g/mol. The summed E-state index contributed by atoms with van der Waals surface area (Å²) in [6.07, 6.45) is 2.61. The maximum Gasteiger partial charge on any atom is 0.0359 e. The third kappa shape index (κ3) is 4.29. The van der Waals surface area contributed by atoms with Gasteiger partial charge in [-0.2, -0.15) is 0 Å². The van der Waals surface area contributed by atoms with E-state index in [1.54, 1.807) is 0 Å². The first-order valence-corrected chi connectivity index (χ1v) is 8.09. The van der Waals surface area contributed by atoms with E-state index in [1.807, 2.05) is 6.07 Å². The van der Waals surface area contributed by atoms with Crippen molar-refractivity contribution in [2.24, 2.45) is 11.1 Å². The molecule has 1 aromatic rings. The Balaban J connectivity index is 1.99. The van der Waals surface area contributed by atoms with Crippen LogP contribution in [0.3, 0.4) is 0 Å². The van der Waals surface area contributed by atoms with Crippen LogP contribution in [0.25, 0.3) is 0 Å². The largest absolute Gasteiger partial charge is 0.323 e. The van der Waals surface area contributed by atoms with Crippen LogP contribution in [0.4, 0.5) is 0 Å². The van der Waals surface area contributed by atoms with Crippen molar-refractivity contribution < 1.29 is 0 Å². The second kappa shape index (κ2) is 6.91. The van der Waals surface area contributed by atoms with E-state index >= 15 is 0 Å². The molecule has 2 N–H and O–H groups in total. The van der Waals surface area contributed by atoms with Crippen LogP contribution in [-0.2, 0) is 0 Å². The van der Waals surface area contributed by atoms with E-state index in [9.17, 15) is 0 Å². The lowest BCUT2D eigenvalue weighted by molar-refractivity contribution is 0.0887. The van der Waals surface area contributed by atoms with Gasteiger partial charge in [-0.3, -0.25) is 0 Å². The first-order chi connectivity index (χ1) is 9.90. The molecule has 0 radical (unpaired) electrons. The van der Waals surface area contributed by atoms with Crippen LogP contribution >= 0.6 is 0 Å². The Morgan fingerprint density at radius 1 is 1.33 bits per heavy atom. The lowest BCUT2D eigenvalue weighted by Crippen LogP contribution is -2.49. The number of piperidine rings is 1. The fourth-order valence-corrected chi connectivity index (χ4v) is 3.48. The number of likely N-dealkylation sites (N-methyl/N-ethyl adjacent to an activating group) is 2. The molecule has 118 valence electrons. The van der Waals surface area contributed by atoms with Crippen molar-refractivity contribution >= 4 is 0 Å². The summed E-state index contributed by atoms with van der Waals surface area (Å²) >= 11 is 0. The zero-order valence-corrected chi connectivity index (χ0v) is 14.0. The standard InChI is InChI=1S/C18H31N3/c1-18(2,17(19)15-9-6-5-7-10-15)14-21(4)16-11-8-12-20(3)13-16/h5-7,9-10,16-17H,8,11-14,19H2,1-4H3. The molecule has 0 saturated carbocycles. The molecule has 0 aliphatic carbocycles. The zero-order chi connectivity index (χ0) is 15.5. The number of nitrogens with zero attached hydrogens (tertiary/aromatic N) is 2. The van der Waals surface area contributed by atoms with Gasteiger partial charge in [0.05, 0.1) is 0 Å². The van der Waals surface area contributed by atoms with Crippen molar-refractivity contribution in [3.05, 3.63) is 35.9 Å². The van der Waals surface area contributed by atoms with Crippen LogP contribution in [0.2, 0.25) is 0 Å². The molecule has 21 heavy (non-hydrogen) atoms. The molecular formula is C18H31N3. The molecule has 1 heterocycles. The first-order valence-electron chi connectivity index (χ1n) is 8.09. The van der Waals surface area contributed by atoms with Crippen molar-refractivity contribution in [3.8, 4) is 0 Å². The molecule has 1 aromatic carbocycles. The van der Waals surface area contributed by atoms with E-state index < -0.39 is 0 Å². The van der Waals surface area contributed by atoms with Gasteiger partial charge in [-0.15, -0.1) is 0 Å². The summed E-state index contributed by atoms with van der Waals surface area (Å²) < 4.78 is 0. The lowest BCUT2D eigenvalue weighted by atomic mass is 9.80. The predicted octanol–water partition coefficient (Wildman–Crippen LogP) is 2.74. The number of likely N-dealkylation sites (tertiary alicyclic amines) is 1. The van der Waals surface area contributed by atoms with Gasteiger partial charge in [-0.05, 0) is 44.5 Å². The summed E-state index contributed by atoms with van der Waals surface area (Å²) in [5.74, 6) is 0. The van der Waals surface area contributed by atoms with Gasteiger partial charge in [-0.25, -0.2) is 0 Å². The minimum Gasteiger partial charge on any atom is -0.323 e. The van der Waals surface area contributed by atoms with Crippen LogP contribution in [0, 0.1) is 5.41 Å². The Bertz CT molecular complexity index is 429. The van der Waals surface area contributed by atoms with E-state index in [0.29, 0.717) is 6.04 Å². The van der Waals surface area contributed by atoms with Crippen LogP contribution in [-0.4, -0.2) is 49.6 Å². The summed E-state index contributed by atoms with van der Waals surface area (Å²) in [6.45, 7) is 8.01. The topological polar surface area (TPSA) is 32.5 Å². The Labute approximate surface area is 130 Å². The summed E-state index contributed by atoms with van der Waals surface area (Å²) in [6, 6.07) is 11.2. The van der Waals surface area contributed by atoms with Gasteiger partial charge in [0.25, 0.3) is 0 Å². The van der Waals surface area contributed by atoms with Crippen LogP contribution in [0.15, 0.2) is 30.3 Å². The molecule has 1 aliphatic heterocycles. The van der Waals surface area contributed by atoms with Crippen LogP contribution < -0.4 is 5.73 Å². The Morgan fingerprint density at radius 3 is 2.62 bits per heavy atom. The SMILES string of the molecule is CN1CCCC(N(C)CC(C)(C)C(N)c2ccccc2)C1. The fraction of sp³-hybridized carbons (Fsp3) is 0.667. The van der Waals surface area contributed by atoms with Crippen LogP contribution in [0.5, 0.6) is 0 Å². The molecule has 1 fully saturated rings. The number of nitrogens with two attached hydrogens (primary N) is 1. The third-order valence-electron chi connectivity index (χ3n) is 4.88. The van der Waals surface area contributed by atoms with Gasteiger partial charge >= 0.3 is 0 Å². The molecule has 0 spiro atoms. The molecule has 0 bridgehead atoms. The van der Waals surface area contributed by atoms with E-state index in [2.05, 4.69) is 62.0 Å². The molecule has 2 rings (SSSR count). The Hall–Kier alpha value is -0.900. The third-order valence-corrected chi connectivity index (χ3v) is 4.88. The number of hydrogen-bond donors (Lipinski definition) is 1. The van der Waals surface area contributed by atoms with Gasteiger partial charge in [0.2, 0.25) is 0 Å². The monoisotopic (exact) mass is 289 g/mol. The highest BCUT2D eigenvalue weighted by Crippen LogP contribution is 2.32. The number of rotatable bonds is 5.